The first-order valence-electron chi connectivity index (χ1n) is 5.97. The fraction of sp³-hybridized carbons (Fsp3) is 0.462. The van der Waals surface area contributed by atoms with Crippen molar-refractivity contribution in [3.63, 3.8) is 0 Å². The number of carbonyl (C=O) groups is 1. The molecule has 0 bridgehead atoms. The van der Waals surface area contributed by atoms with Crippen molar-refractivity contribution >= 4 is 11.6 Å². The zero-order valence-electron chi connectivity index (χ0n) is 10.0. The number of benzene rings is 1. The molecular formula is C13H18N2O2. The second-order valence-corrected chi connectivity index (χ2v) is 4.41. The molecule has 92 valence electrons. The molecule has 2 rings (SSSR count). The molecule has 0 spiro atoms. The normalized spacial score (nSPS) is 20.5. The van der Waals surface area contributed by atoms with Crippen molar-refractivity contribution < 1.29 is 9.53 Å². The van der Waals surface area contributed by atoms with E-state index < -0.39 is 0 Å². The number of ether oxygens (including phenoxy) is 1. The smallest absolute Gasteiger partial charge is 0.261 e. The van der Waals surface area contributed by atoms with Gasteiger partial charge in [-0.2, -0.15) is 0 Å². The van der Waals surface area contributed by atoms with E-state index in [0.29, 0.717) is 5.75 Å². The van der Waals surface area contributed by atoms with Crippen LogP contribution in [0.1, 0.15) is 24.8 Å². The van der Waals surface area contributed by atoms with E-state index in [1.165, 1.54) is 0 Å². The third kappa shape index (κ3) is 2.90. The van der Waals surface area contributed by atoms with Crippen LogP contribution in [0.4, 0.5) is 5.69 Å². The highest BCUT2D eigenvalue weighted by molar-refractivity contribution is 5.81. The van der Waals surface area contributed by atoms with Crippen molar-refractivity contribution in [2.45, 2.75) is 32.3 Å². The van der Waals surface area contributed by atoms with E-state index >= 15 is 0 Å². The van der Waals surface area contributed by atoms with Crippen molar-refractivity contribution in [2.75, 3.05) is 12.3 Å². The fourth-order valence-corrected chi connectivity index (χ4v) is 1.91. The molecule has 17 heavy (non-hydrogen) atoms. The lowest BCUT2D eigenvalue weighted by atomic mass is 10.1. The molecule has 1 fully saturated rings. The van der Waals surface area contributed by atoms with Gasteiger partial charge in [0.25, 0.3) is 5.91 Å². The van der Waals surface area contributed by atoms with E-state index in [9.17, 15) is 4.79 Å². The van der Waals surface area contributed by atoms with Gasteiger partial charge in [0.1, 0.15) is 5.75 Å². The minimum Gasteiger partial charge on any atom is -0.481 e. The maximum atomic E-state index is 11.7. The van der Waals surface area contributed by atoms with Gasteiger partial charge in [-0.1, -0.05) is 0 Å². The molecular weight excluding hydrogens is 216 g/mol. The molecule has 0 saturated carbocycles. The van der Waals surface area contributed by atoms with Gasteiger partial charge in [0.15, 0.2) is 6.10 Å². The summed E-state index contributed by atoms with van der Waals surface area (Å²) in [6, 6.07) is 5.48. The molecule has 1 unspecified atom stereocenters. The predicted molar refractivity (Wildman–Crippen MR) is 66.9 cm³/mol. The number of carbonyl (C=O) groups excluding carboxylic acids is 1. The summed E-state index contributed by atoms with van der Waals surface area (Å²) in [5.41, 5.74) is 7.45. The van der Waals surface area contributed by atoms with Crippen LogP contribution < -0.4 is 15.8 Å². The minimum absolute atomic E-state index is 0.0167. The highest BCUT2D eigenvalue weighted by Gasteiger charge is 2.22. The highest BCUT2D eigenvalue weighted by Crippen LogP contribution is 2.21. The molecule has 0 aromatic heterocycles. The molecule has 1 aromatic carbocycles. The summed E-state index contributed by atoms with van der Waals surface area (Å²) in [5.74, 6) is 0.690. The number of aryl methyl sites for hydroxylation is 1. The van der Waals surface area contributed by atoms with Crippen LogP contribution in [0.25, 0.3) is 0 Å². The molecule has 1 aliphatic heterocycles. The van der Waals surface area contributed by atoms with Crippen LogP contribution in [0.3, 0.4) is 0 Å². The summed E-state index contributed by atoms with van der Waals surface area (Å²) in [5, 5.41) is 2.85. The first-order chi connectivity index (χ1) is 8.16. The van der Waals surface area contributed by atoms with Crippen LogP contribution >= 0.6 is 0 Å². The lowest BCUT2D eigenvalue weighted by Gasteiger charge is -2.16. The number of amides is 1. The summed E-state index contributed by atoms with van der Waals surface area (Å²) in [6.45, 7) is 2.68. The van der Waals surface area contributed by atoms with Crippen molar-refractivity contribution in [3.05, 3.63) is 23.8 Å². The molecule has 4 nitrogen and oxygen atoms in total. The van der Waals surface area contributed by atoms with Gasteiger partial charge in [-0.05, 0) is 49.9 Å². The van der Waals surface area contributed by atoms with E-state index in [1.807, 2.05) is 13.0 Å². The standard InChI is InChI=1S/C13H18N2O2/c1-9-8-10(5-6-11(9)14)17-12-4-2-3-7-15-13(12)16/h5-6,8,12H,2-4,7,14H2,1H3,(H,15,16). The largest absolute Gasteiger partial charge is 0.481 e. The molecule has 0 aliphatic carbocycles. The van der Waals surface area contributed by atoms with Crippen molar-refractivity contribution in [3.8, 4) is 5.75 Å². The van der Waals surface area contributed by atoms with Gasteiger partial charge in [0.2, 0.25) is 0 Å². The van der Waals surface area contributed by atoms with Gasteiger partial charge < -0.3 is 15.8 Å². The molecule has 1 heterocycles. The Kier molecular flexibility index (Phi) is 3.52. The Hall–Kier alpha value is -1.71. The number of nitrogens with one attached hydrogen (secondary N) is 1. The van der Waals surface area contributed by atoms with Crippen LogP contribution in [0, 0.1) is 6.92 Å². The number of nitrogen functional groups attached to an aromatic ring is 1. The predicted octanol–water partition coefficient (Wildman–Crippen LogP) is 1.62. The second-order valence-electron chi connectivity index (χ2n) is 4.41. The molecule has 1 amide bonds. The van der Waals surface area contributed by atoms with Gasteiger partial charge in [-0.15, -0.1) is 0 Å². The maximum Gasteiger partial charge on any atom is 0.261 e. The van der Waals surface area contributed by atoms with Crippen molar-refractivity contribution in [1.29, 1.82) is 0 Å². The number of rotatable bonds is 2. The van der Waals surface area contributed by atoms with Gasteiger partial charge in [-0.3, -0.25) is 4.79 Å². The topological polar surface area (TPSA) is 64.3 Å². The SMILES string of the molecule is Cc1cc(OC2CCCCNC2=O)ccc1N. The summed E-state index contributed by atoms with van der Waals surface area (Å²) < 4.78 is 5.72. The number of hydrogen-bond donors (Lipinski definition) is 2. The molecule has 1 saturated heterocycles. The van der Waals surface area contributed by atoms with Crippen LogP contribution in [-0.2, 0) is 4.79 Å². The van der Waals surface area contributed by atoms with Crippen LogP contribution in [0.2, 0.25) is 0 Å². The first kappa shape index (κ1) is 11.8. The lowest BCUT2D eigenvalue weighted by Crippen LogP contribution is -2.36. The van der Waals surface area contributed by atoms with Crippen molar-refractivity contribution in [1.82, 2.24) is 5.32 Å². The Morgan fingerprint density at radius 1 is 1.41 bits per heavy atom. The average Bonchev–Trinajstić information content (AvgIpc) is 2.50. The van der Waals surface area contributed by atoms with E-state index in [1.54, 1.807) is 12.1 Å². The maximum absolute atomic E-state index is 11.7. The van der Waals surface area contributed by atoms with Gasteiger partial charge >= 0.3 is 0 Å². The summed E-state index contributed by atoms with van der Waals surface area (Å²) in [6.07, 6.45) is 2.43. The summed E-state index contributed by atoms with van der Waals surface area (Å²) in [7, 11) is 0. The Morgan fingerprint density at radius 3 is 3.00 bits per heavy atom. The number of nitrogens with two attached hydrogens (primary N) is 1. The molecule has 4 heteroatoms. The third-order valence-corrected chi connectivity index (χ3v) is 3.00. The van der Waals surface area contributed by atoms with Gasteiger partial charge in [0, 0.05) is 12.2 Å². The number of hydrogen-bond acceptors (Lipinski definition) is 3. The Morgan fingerprint density at radius 2 is 2.24 bits per heavy atom. The highest BCUT2D eigenvalue weighted by atomic mass is 16.5. The van der Waals surface area contributed by atoms with Crippen molar-refractivity contribution in [2.24, 2.45) is 0 Å². The summed E-state index contributed by atoms with van der Waals surface area (Å²) >= 11 is 0. The third-order valence-electron chi connectivity index (χ3n) is 3.00. The van der Waals surface area contributed by atoms with E-state index in [-0.39, 0.29) is 12.0 Å². The Labute approximate surface area is 101 Å². The van der Waals surface area contributed by atoms with Gasteiger partial charge in [-0.25, -0.2) is 0 Å². The van der Waals surface area contributed by atoms with Crippen LogP contribution in [0.15, 0.2) is 18.2 Å². The summed E-state index contributed by atoms with van der Waals surface area (Å²) in [4.78, 5) is 11.7. The average molecular weight is 234 g/mol. The van der Waals surface area contributed by atoms with E-state index in [2.05, 4.69) is 5.32 Å². The molecule has 1 aliphatic rings. The molecule has 3 N–H and O–H groups in total. The monoisotopic (exact) mass is 234 g/mol. The van der Waals surface area contributed by atoms with Crippen LogP contribution in [-0.4, -0.2) is 18.6 Å². The Bertz CT molecular complexity index is 418. The van der Waals surface area contributed by atoms with Crippen LogP contribution in [0.5, 0.6) is 5.75 Å². The minimum atomic E-state index is -0.375. The van der Waals surface area contributed by atoms with Gasteiger partial charge in [0.05, 0.1) is 0 Å². The lowest BCUT2D eigenvalue weighted by molar-refractivity contribution is -0.127. The zero-order valence-corrected chi connectivity index (χ0v) is 10.0. The van der Waals surface area contributed by atoms with E-state index in [4.69, 9.17) is 10.5 Å². The molecule has 1 aromatic rings. The first-order valence-corrected chi connectivity index (χ1v) is 5.97. The molecule has 1 atom stereocenters. The second kappa shape index (κ2) is 5.08. The Balaban J connectivity index is 2.08. The number of anilines is 1. The molecule has 0 radical (unpaired) electrons. The quantitative estimate of drug-likeness (QED) is 0.764. The van der Waals surface area contributed by atoms with E-state index in [0.717, 1.165) is 37.1 Å². The zero-order chi connectivity index (χ0) is 12.3. The fourth-order valence-electron chi connectivity index (χ4n) is 1.91.